The van der Waals surface area contributed by atoms with Crippen LogP contribution in [-0.4, -0.2) is 22.5 Å². The molecule has 0 aliphatic rings. The topological polar surface area (TPSA) is 61.7 Å². The Kier molecular flexibility index (Phi) is 6.03. The highest BCUT2D eigenvalue weighted by Gasteiger charge is 2.05. The Balaban J connectivity index is 1.80. The van der Waals surface area contributed by atoms with Crippen molar-refractivity contribution in [2.24, 2.45) is 5.10 Å². The number of phenols is 1. The van der Waals surface area contributed by atoms with Gasteiger partial charge in [-0.1, -0.05) is 42.5 Å². The minimum absolute atomic E-state index is 0.149. The number of aromatic hydroxyl groups is 1. The molecule has 1 amide bonds. The van der Waals surface area contributed by atoms with Crippen LogP contribution in [0.4, 0.5) is 0 Å². The van der Waals surface area contributed by atoms with Crippen LogP contribution in [0.5, 0.6) is 5.75 Å². The number of nitrogens with one attached hydrogen (secondary N) is 1. The van der Waals surface area contributed by atoms with E-state index in [0.717, 1.165) is 5.75 Å². The van der Waals surface area contributed by atoms with Crippen molar-refractivity contribution in [3.63, 3.8) is 0 Å². The molecule has 0 heterocycles. The number of benzene rings is 2. The van der Waals surface area contributed by atoms with Crippen molar-refractivity contribution < 1.29 is 9.90 Å². The summed E-state index contributed by atoms with van der Waals surface area (Å²) in [5.74, 6) is 1.12. The molecule has 0 saturated heterocycles. The van der Waals surface area contributed by atoms with Crippen molar-refractivity contribution in [1.82, 2.24) is 5.43 Å². The van der Waals surface area contributed by atoms with E-state index in [1.165, 1.54) is 17.3 Å². The van der Waals surface area contributed by atoms with E-state index in [4.69, 9.17) is 0 Å². The molecule has 0 radical (unpaired) electrons. The monoisotopic (exact) mass is 314 g/mol. The van der Waals surface area contributed by atoms with Gasteiger partial charge in [0.15, 0.2) is 0 Å². The number of phenolic OH excluding ortho intramolecular Hbond substituents is 1. The third-order valence-corrected chi connectivity index (χ3v) is 3.99. The Morgan fingerprint density at radius 2 is 1.82 bits per heavy atom. The summed E-state index contributed by atoms with van der Waals surface area (Å²) < 4.78 is 0. The van der Waals surface area contributed by atoms with Crippen LogP contribution in [0.3, 0.4) is 0 Å². The summed E-state index contributed by atoms with van der Waals surface area (Å²) in [6.07, 6.45) is 0. The molecular formula is C17H18N2O2S. The van der Waals surface area contributed by atoms with Gasteiger partial charge in [-0.15, -0.1) is 11.8 Å². The van der Waals surface area contributed by atoms with Gasteiger partial charge in [0, 0.05) is 11.3 Å². The van der Waals surface area contributed by atoms with Crippen LogP contribution in [0.1, 0.15) is 18.1 Å². The van der Waals surface area contributed by atoms with Gasteiger partial charge in [-0.3, -0.25) is 4.79 Å². The lowest BCUT2D eigenvalue weighted by Gasteiger charge is -2.05. The largest absolute Gasteiger partial charge is 0.507 e. The molecule has 0 aromatic heterocycles. The van der Waals surface area contributed by atoms with Gasteiger partial charge in [0.2, 0.25) is 5.91 Å². The van der Waals surface area contributed by atoms with Gasteiger partial charge >= 0.3 is 0 Å². The number of thioether (sulfide) groups is 1. The lowest BCUT2D eigenvalue weighted by molar-refractivity contribution is -0.118. The first-order valence-electron chi connectivity index (χ1n) is 6.90. The quantitative estimate of drug-likeness (QED) is 0.636. The van der Waals surface area contributed by atoms with E-state index < -0.39 is 0 Å². The Bertz CT molecular complexity index is 657. The predicted octanol–water partition coefficient (Wildman–Crippen LogP) is 3.17. The highest BCUT2D eigenvalue weighted by Crippen LogP contribution is 2.16. The van der Waals surface area contributed by atoms with Crippen molar-refractivity contribution in [3.05, 3.63) is 65.7 Å². The maximum Gasteiger partial charge on any atom is 0.250 e. The van der Waals surface area contributed by atoms with Crippen LogP contribution >= 0.6 is 11.8 Å². The van der Waals surface area contributed by atoms with Crippen LogP contribution in [0.15, 0.2) is 59.7 Å². The molecular weight excluding hydrogens is 296 g/mol. The van der Waals surface area contributed by atoms with Crippen LogP contribution in [0, 0.1) is 0 Å². The van der Waals surface area contributed by atoms with Gasteiger partial charge in [0.25, 0.3) is 0 Å². The van der Waals surface area contributed by atoms with E-state index in [1.807, 2.05) is 36.4 Å². The lowest BCUT2D eigenvalue weighted by atomic mass is 10.1. The Labute approximate surface area is 134 Å². The second-order valence-electron chi connectivity index (χ2n) is 4.73. The maximum absolute atomic E-state index is 11.8. The summed E-state index contributed by atoms with van der Waals surface area (Å²) in [5, 5.41) is 13.7. The molecule has 2 aromatic carbocycles. The molecule has 4 nitrogen and oxygen atoms in total. The number of rotatable bonds is 6. The molecule has 0 saturated carbocycles. The highest BCUT2D eigenvalue weighted by molar-refractivity contribution is 7.99. The Hall–Kier alpha value is -2.27. The average molecular weight is 314 g/mol. The van der Waals surface area contributed by atoms with Gasteiger partial charge in [-0.05, 0) is 24.6 Å². The second-order valence-corrected chi connectivity index (χ2v) is 5.71. The highest BCUT2D eigenvalue weighted by atomic mass is 32.2. The summed E-state index contributed by atoms with van der Waals surface area (Å²) in [7, 11) is 0. The maximum atomic E-state index is 11.8. The third kappa shape index (κ3) is 4.93. The number of carbonyl (C=O) groups excluding carboxylic acids is 1. The molecule has 5 heteroatoms. The molecule has 22 heavy (non-hydrogen) atoms. The summed E-state index contributed by atoms with van der Waals surface area (Å²) >= 11 is 1.53. The SMILES string of the molecule is C/C(=N/NC(=O)CSCc1ccccc1)c1ccccc1O. The number of nitrogens with zero attached hydrogens (tertiary/aromatic N) is 1. The van der Waals surface area contributed by atoms with E-state index >= 15 is 0 Å². The fourth-order valence-corrected chi connectivity index (χ4v) is 2.63. The second kappa shape index (κ2) is 8.24. The van der Waals surface area contributed by atoms with Crippen molar-refractivity contribution in [1.29, 1.82) is 0 Å². The Morgan fingerprint density at radius 3 is 2.55 bits per heavy atom. The Morgan fingerprint density at radius 1 is 1.14 bits per heavy atom. The van der Waals surface area contributed by atoms with Crippen molar-refractivity contribution in [2.75, 3.05) is 5.75 Å². The number of amides is 1. The molecule has 0 fully saturated rings. The van der Waals surface area contributed by atoms with Crippen LogP contribution < -0.4 is 5.43 Å². The molecule has 0 aliphatic carbocycles. The zero-order valence-electron chi connectivity index (χ0n) is 12.3. The smallest absolute Gasteiger partial charge is 0.250 e. The van der Waals surface area contributed by atoms with Gasteiger partial charge in [0.1, 0.15) is 5.75 Å². The zero-order valence-corrected chi connectivity index (χ0v) is 13.1. The first-order valence-corrected chi connectivity index (χ1v) is 8.05. The summed E-state index contributed by atoms with van der Waals surface area (Å²) in [6.45, 7) is 1.74. The van der Waals surface area contributed by atoms with Gasteiger partial charge in [-0.25, -0.2) is 5.43 Å². The molecule has 2 rings (SSSR count). The van der Waals surface area contributed by atoms with E-state index in [0.29, 0.717) is 17.0 Å². The first kappa shape index (κ1) is 16.1. The van der Waals surface area contributed by atoms with E-state index in [2.05, 4.69) is 10.5 Å². The average Bonchev–Trinajstić information content (AvgIpc) is 2.54. The van der Waals surface area contributed by atoms with Crippen LogP contribution in [0.25, 0.3) is 0 Å². The fraction of sp³-hybridized carbons (Fsp3) is 0.176. The summed E-state index contributed by atoms with van der Waals surface area (Å²) in [4.78, 5) is 11.8. The molecule has 114 valence electrons. The number of carbonyl (C=O) groups is 1. The van der Waals surface area contributed by atoms with Crippen molar-refractivity contribution in [3.8, 4) is 5.75 Å². The van der Waals surface area contributed by atoms with E-state index in [9.17, 15) is 9.90 Å². The molecule has 0 aliphatic heterocycles. The van der Waals surface area contributed by atoms with Crippen LogP contribution in [0.2, 0.25) is 0 Å². The van der Waals surface area contributed by atoms with Gasteiger partial charge in [-0.2, -0.15) is 5.10 Å². The number of hydrazone groups is 1. The van der Waals surface area contributed by atoms with Crippen LogP contribution in [-0.2, 0) is 10.5 Å². The first-order chi connectivity index (χ1) is 10.7. The van der Waals surface area contributed by atoms with Crippen molar-refractivity contribution >= 4 is 23.4 Å². The standard InChI is InChI=1S/C17H18N2O2S/c1-13(15-9-5-6-10-16(15)20)18-19-17(21)12-22-11-14-7-3-2-4-8-14/h2-10,20H,11-12H2,1H3,(H,19,21)/b18-13-. The predicted molar refractivity (Wildman–Crippen MR) is 91.1 cm³/mol. The third-order valence-electron chi connectivity index (χ3n) is 2.99. The number of hydrogen-bond donors (Lipinski definition) is 2. The van der Waals surface area contributed by atoms with Crippen molar-refractivity contribution in [2.45, 2.75) is 12.7 Å². The fourth-order valence-electron chi connectivity index (χ4n) is 1.85. The summed E-state index contributed by atoms with van der Waals surface area (Å²) in [6, 6.07) is 16.9. The lowest BCUT2D eigenvalue weighted by Crippen LogP contribution is -2.21. The number of para-hydroxylation sites is 1. The van der Waals surface area contributed by atoms with Gasteiger partial charge < -0.3 is 5.11 Å². The molecule has 0 bridgehead atoms. The van der Waals surface area contributed by atoms with E-state index in [1.54, 1.807) is 25.1 Å². The molecule has 0 spiro atoms. The molecule has 2 N–H and O–H groups in total. The number of hydrogen-bond acceptors (Lipinski definition) is 4. The minimum atomic E-state index is -0.157. The van der Waals surface area contributed by atoms with Gasteiger partial charge in [0.05, 0.1) is 11.5 Å². The van der Waals surface area contributed by atoms with E-state index in [-0.39, 0.29) is 11.7 Å². The molecule has 2 aromatic rings. The zero-order chi connectivity index (χ0) is 15.8. The molecule has 0 unspecified atom stereocenters. The minimum Gasteiger partial charge on any atom is -0.507 e. The molecule has 0 atom stereocenters. The summed E-state index contributed by atoms with van der Waals surface area (Å²) in [5.41, 5.74) is 4.88. The normalized spacial score (nSPS) is 11.2.